The van der Waals surface area contributed by atoms with Gasteiger partial charge in [0.15, 0.2) is 0 Å². The molecule has 0 aliphatic carbocycles. The number of halogens is 2. The third-order valence-electron chi connectivity index (χ3n) is 4.58. The monoisotopic (exact) mass is 407 g/mol. The summed E-state index contributed by atoms with van der Waals surface area (Å²) in [6, 6.07) is 8.25. The van der Waals surface area contributed by atoms with Crippen molar-refractivity contribution >= 4 is 42.5 Å². The number of methoxy groups -OCH3 is 1. The molecule has 0 radical (unpaired) electrons. The third kappa shape index (κ3) is 5.66. The van der Waals surface area contributed by atoms with Gasteiger partial charge >= 0.3 is 0 Å². The molecule has 2 N–H and O–H groups in total. The van der Waals surface area contributed by atoms with E-state index in [0.29, 0.717) is 6.54 Å². The highest BCUT2D eigenvalue weighted by Crippen LogP contribution is 2.31. The molecule has 0 spiro atoms. The van der Waals surface area contributed by atoms with Gasteiger partial charge in [-0.1, -0.05) is 18.2 Å². The second-order valence-electron chi connectivity index (χ2n) is 6.02. The van der Waals surface area contributed by atoms with Gasteiger partial charge in [-0.3, -0.25) is 15.0 Å². The first-order chi connectivity index (χ1) is 11.3. The second-order valence-corrected chi connectivity index (χ2v) is 7.05. The first-order valence-electron chi connectivity index (χ1n) is 8.25. The Balaban J connectivity index is 0.00000156. The summed E-state index contributed by atoms with van der Waals surface area (Å²) in [6.45, 7) is 2.79. The highest BCUT2D eigenvalue weighted by atomic mass is 35.5. The lowest BCUT2D eigenvalue weighted by molar-refractivity contribution is -0.122. The lowest BCUT2D eigenvalue weighted by atomic mass is 10.0. The highest BCUT2D eigenvalue weighted by Gasteiger charge is 2.28. The van der Waals surface area contributed by atoms with Crippen LogP contribution in [0.4, 0.5) is 0 Å². The van der Waals surface area contributed by atoms with Crippen molar-refractivity contribution in [3.63, 3.8) is 0 Å². The smallest absolute Gasteiger partial charge is 0.238 e. The van der Waals surface area contributed by atoms with Gasteiger partial charge in [0, 0.05) is 23.7 Å². The van der Waals surface area contributed by atoms with Crippen molar-refractivity contribution in [2.24, 2.45) is 0 Å². The predicted octanol–water partition coefficient (Wildman–Crippen LogP) is 2.45. The number of thioether (sulfide) groups is 1. The zero-order valence-corrected chi connectivity index (χ0v) is 16.9. The zero-order chi connectivity index (χ0) is 16.1. The van der Waals surface area contributed by atoms with E-state index in [1.807, 2.05) is 18.2 Å². The molecule has 1 amide bonds. The number of carbonyl (C=O) groups excluding carboxylic acids is 1. The summed E-state index contributed by atoms with van der Waals surface area (Å²) in [7, 11) is 1.71. The van der Waals surface area contributed by atoms with Crippen molar-refractivity contribution in [1.29, 1.82) is 0 Å². The average molecular weight is 408 g/mol. The molecule has 3 rings (SSSR count). The SMILES string of the molecule is COc1ccccc1C(CNC(=O)C1CSCN1)N1CCCC1.Cl.Cl. The Morgan fingerprint density at radius 2 is 2.08 bits per heavy atom. The van der Waals surface area contributed by atoms with E-state index >= 15 is 0 Å². The van der Waals surface area contributed by atoms with Crippen LogP contribution in [0.3, 0.4) is 0 Å². The molecule has 1 aromatic carbocycles. The van der Waals surface area contributed by atoms with E-state index in [0.717, 1.165) is 36.0 Å². The summed E-state index contributed by atoms with van der Waals surface area (Å²) >= 11 is 1.77. The number of likely N-dealkylation sites (tertiary alicyclic amines) is 1. The lowest BCUT2D eigenvalue weighted by Gasteiger charge is -2.29. The standard InChI is InChI=1S/C17H25N3O2S.2ClH/c1-22-16-7-3-2-6-13(16)15(20-8-4-5-9-20)10-18-17(21)14-11-23-12-19-14;;/h2-3,6-7,14-15,19H,4-5,8-12H2,1H3,(H,18,21);2*1H. The third-order valence-corrected chi connectivity index (χ3v) is 5.52. The zero-order valence-electron chi connectivity index (χ0n) is 14.4. The fourth-order valence-corrected chi connectivity index (χ4v) is 4.26. The number of benzene rings is 1. The quantitative estimate of drug-likeness (QED) is 0.758. The molecule has 2 saturated heterocycles. The fourth-order valence-electron chi connectivity index (χ4n) is 3.31. The number of para-hydroxylation sites is 1. The van der Waals surface area contributed by atoms with Crippen LogP contribution >= 0.6 is 36.6 Å². The Morgan fingerprint density at radius 1 is 1.36 bits per heavy atom. The summed E-state index contributed by atoms with van der Waals surface area (Å²) in [5.74, 6) is 2.72. The van der Waals surface area contributed by atoms with Gasteiger partial charge in [-0.25, -0.2) is 0 Å². The lowest BCUT2D eigenvalue weighted by Crippen LogP contribution is -2.45. The van der Waals surface area contributed by atoms with Crippen LogP contribution in [0.25, 0.3) is 0 Å². The molecule has 0 aromatic heterocycles. The topological polar surface area (TPSA) is 53.6 Å². The molecule has 2 fully saturated rings. The first kappa shape index (κ1) is 22.4. The fraction of sp³-hybridized carbons (Fsp3) is 0.588. The molecule has 0 saturated carbocycles. The number of rotatable bonds is 6. The van der Waals surface area contributed by atoms with Gasteiger partial charge in [0.05, 0.1) is 19.2 Å². The van der Waals surface area contributed by atoms with Crippen molar-refractivity contribution in [1.82, 2.24) is 15.5 Å². The maximum Gasteiger partial charge on any atom is 0.238 e. The molecule has 25 heavy (non-hydrogen) atoms. The molecule has 2 aliphatic rings. The van der Waals surface area contributed by atoms with Crippen LogP contribution < -0.4 is 15.4 Å². The Hall–Kier alpha value is -0.660. The minimum atomic E-state index is -0.0584. The number of nitrogens with one attached hydrogen (secondary N) is 2. The molecular weight excluding hydrogens is 381 g/mol. The van der Waals surface area contributed by atoms with Crippen molar-refractivity contribution in [2.45, 2.75) is 24.9 Å². The molecule has 1 aromatic rings. The highest BCUT2D eigenvalue weighted by molar-refractivity contribution is 7.99. The molecule has 2 aliphatic heterocycles. The molecule has 8 heteroatoms. The van der Waals surface area contributed by atoms with E-state index in [2.05, 4.69) is 21.6 Å². The maximum atomic E-state index is 12.3. The normalized spacial score (nSPS) is 21.1. The largest absolute Gasteiger partial charge is 0.496 e. The predicted molar refractivity (Wildman–Crippen MR) is 108 cm³/mol. The van der Waals surface area contributed by atoms with Gasteiger partial charge in [-0.05, 0) is 32.0 Å². The molecular formula is C17H27Cl2N3O2S. The van der Waals surface area contributed by atoms with Crippen molar-refractivity contribution < 1.29 is 9.53 Å². The van der Waals surface area contributed by atoms with Crippen molar-refractivity contribution in [2.75, 3.05) is 38.4 Å². The number of ether oxygens (including phenoxy) is 1. The van der Waals surface area contributed by atoms with Crippen LogP contribution in [0.1, 0.15) is 24.4 Å². The van der Waals surface area contributed by atoms with Crippen LogP contribution in [-0.4, -0.2) is 55.2 Å². The number of hydrogen-bond donors (Lipinski definition) is 2. The summed E-state index contributed by atoms with van der Waals surface area (Å²) in [4.78, 5) is 14.8. The van der Waals surface area contributed by atoms with E-state index < -0.39 is 0 Å². The van der Waals surface area contributed by atoms with E-state index in [4.69, 9.17) is 4.74 Å². The van der Waals surface area contributed by atoms with Crippen LogP contribution in [0.15, 0.2) is 24.3 Å². The van der Waals surface area contributed by atoms with Gasteiger partial charge in [-0.15, -0.1) is 36.6 Å². The van der Waals surface area contributed by atoms with Gasteiger partial charge < -0.3 is 10.1 Å². The Kier molecular flexibility index (Phi) is 9.97. The molecule has 2 atom stereocenters. The van der Waals surface area contributed by atoms with Crippen LogP contribution in [-0.2, 0) is 4.79 Å². The van der Waals surface area contributed by atoms with Crippen molar-refractivity contribution in [3.8, 4) is 5.75 Å². The van der Waals surface area contributed by atoms with E-state index in [-0.39, 0.29) is 42.8 Å². The molecule has 2 unspecified atom stereocenters. The first-order valence-corrected chi connectivity index (χ1v) is 9.41. The van der Waals surface area contributed by atoms with Gasteiger partial charge in [0.25, 0.3) is 0 Å². The van der Waals surface area contributed by atoms with E-state index in [1.165, 1.54) is 12.8 Å². The van der Waals surface area contributed by atoms with Crippen LogP contribution in [0.2, 0.25) is 0 Å². The summed E-state index contributed by atoms with van der Waals surface area (Å²) in [5.41, 5.74) is 1.16. The summed E-state index contributed by atoms with van der Waals surface area (Å²) in [5, 5.41) is 6.36. The second kappa shape index (κ2) is 11.1. The molecule has 142 valence electrons. The number of carbonyl (C=O) groups is 1. The number of hydrogen-bond acceptors (Lipinski definition) is 5. The molecule has 5 nitrogen and oxygen atoms in total. The Labute approximate surface area is 166 Å². The van der Waals surface area contributed by atoms with Crippen LogP contribution in [0.5, 0.6) is 5.75 Å². The maximum absolute atomic E-state index is 12.3. The number of nitrogens with zero attached hydrogens (tertiary/aromatic N) is 1. The Morgan fingerprint density at radius 3 is 2.72 bits per heavy atom. The summed E-state index contributed by atoms with van der Waals surface area (Å²) < 4.78 is 5.54. The molecule has 0 bridgehead atoms. The van der Waals surface area contributed by atoms with Gasteiger partial charge in [0.1, 0.15) is 5.75 Å². The molecule has 2 heterocycles. The van der Waals surface area contributed by atoms with Gasteiger partial charge in [0.2, 0.25) is 5.91 Å². The van der Waals surface area contributed by atoms with E-state index in [9.17, 15) is 4.79 Å². The minimum absolute atomic E-state index is 0. The van der Waals surface area contributed by atoms with Crippen molar-refractivity contribution in [3.05, 3.63) is 29.8 Å². The summed E-state index contributed by atoms with van der Waals surface area (Å²) in [6.07, 6.45) is 2.45. The Bertz CT molecular complexity index is 538. The number of amides is 1. The average Bonchev–Trinajstić information content (AvgIpc) is 3.29. The van der Waals surface area contributed by atoms with E-state index in [1.54, 1.807) is 18.9 Å². The minimum Gasteiger partial charge on any atom is -0.496 e. The van der Waals surface area contributed by atoms with Gasteiger partial charge in [-0.2, -0.15) is 0 Å². The van der Waals surface area contributed by atoms with Crippen LogP contribution in [0, 0.1) is 0 Å².